The van der Waals surface area contributed by atoms with Gasteiger partial charge in [0.15, 0.2) is 0 Å². The van der Waals surface area contributed by atoms with Gasteiger partial charge in [0.25, 0.3) is 0 Å². The van der Waals surface area contributed by atoms with Gasteiger partial charge in [0.05, 0.1) is 11.0 Å². The van der Waals surface area contributed by atoms with Gasteiger partial charge in [-0.1, -0.05) is 13.0 Å². The number of rotatable bonds is 7. The van der Waals surface area contributed by atoms with Gasteiger partial charge >= 0.3 is 5.69 Å². The van der Waals surface area contributed by atoms with Crippen molar-refractivity contribution in [3.05, 3.63) is 34.2 Å². The van der Waals surface area contributed by atoms with E-state index in [1.165, 1.54) is 23.0 Å². The molecular formula is C21H30N4O3. The summed E-state index contributed by atoms with van der Waals surface area (Å²) in [5.41, 5.74) is 2.47. The molecule has 3 rings (SSSR count). The minimum absolute atomic E-state index is 0.229. The number of hydrogen-bond donors (Lipinski definition) is 1. The molecule has 0 bridgehead atoms. The number of fused-ring (bicyclic) bond motifs is 1. The summed E-state index contributed by atoms with van der Waals surface area (Å²) in [4.78, 5) is 38.6. The van der Waals surface area contributed by atoms with Gasteiger partial charge in [0.2, 0.25) is 5.91 Å². The maximum absolute atomic E-state index is 12.9. The second kappa shape index (κ2) is 8.73. The fraction of sp³-hybridized carbons (Fsp3) is 0.571. The monoisotopic (exact) mass is 386 g/mol. The Morgan fingerprint density at radius 1 is 1.29 bits per heavy atom. The van der Waals surface area contributed by atoms with Crippen molar-refractivity contribution >= 4 is 23.2 Å². The molecule has 2 aromatic rings. The summed E-state index contributed by atoms with van der Waals surface area (Å²) in [6.45, 7) is 5.37. The van der Waals surface area contributed by atoms with Crippen LogP contribution in [0.3, 0.4) is 0 Å². The predicted octanol–water partition coefficient (Wildman–Crippen LogP) is 1.84. The molecule has 7 nitrogen and oxygen atoms in total. The number of aromatic nitrogens is 2. The van der Waals surface area contributed by atoms with Crippen LogP contribution in [0.5, 0.6) is 0 Å². The van der Waals surface area contributed by atoms with E-state index in [2.05, 4.69) is 17.1 Å². The Hall–Kier alpha value is -2.41. The third kappa shape index (κ3) is 4.04. The van der Waals surface area contributed by atoms with E-state index in [1.807, 2.05) is 18.2 Å². The number of nitrogens with one attached hydrogen (secondary N) is 1. The number of benzene rings is 1. The van der Waals surface area contributed by atoms with Gasteiger partial charge in [-0.3, -0.25) is 18.8 Å². The van der Waals surface area contributed by atoms with Crippen molar-refractivity contribution in [2.24, 2.45) is 13.0 Å². The summed E-state index contributed by atoms with van der Waals surface area (Å²) >= 11 is 0. The smallest absolute Gasteiger partial charge is 0.329 e. The number of aryl methyl sites for hydroxylation is 1. The molecule has 1 N–H and O–H groups in total. The molecule has 0 spiro atoms. The zero-order valence-electron chi connectivity index (χ0n) is 17.0. The average molecular weight is 386 g/mol. The number of likely N-dealkylation sites (tertiary alicyclic amines) is 1. The lowest BCUT2D eigenvalue weighted by molar-refractivity contribution is -0.124. The van der Waals surface area contributed by atoms with Crippen LogP contribution in [0.4, 0.5) is 0 Å². The maximum atomic E-state index is 12.9. The SMILES string of the molecule is CNC(=O)C(CCC=O)n1c(=O)n(C)c2cc(CN3CCC(C)CC3)ccc21. The summed E-state index contributed by atoms with van der Waals surface area (Å²) in [7, 11) is 3.28. The van der Waals surface area contributed by atoms with Crippen LogP contribution in [0.25, 0.3) is 11.0 Å². The lowest BCUT2D eigenvalue weighted by Gasteiger charge is -2.30. The standard InChI is InChI=1S/C21H30N4O3/c1-15-8-10-24(11-9-15)14-16-6-7-17-19(13-16)23(3)21(28)25(17)18(5-4-12-26)20(27)22-2/h6-7,12-13,15,18H,4-5,8-11,14H2,1-3H3,(H,22,27). The maximum Gasteiger partial charge on any atom is 0.329 e. The van der Waals surface area contributed by atoms with E-state index >= 15 is 0 Å². The fourth-order valence-corrected chi connectivity index (χ4v) is 4.06. The Morgan fingerprint density at radius 3 is 2.64 bits per heavy atom. The highest BCUT2D eigenvalue weighted by Gasteiger charge is 2.25. The van der Waals surface area contributed by atoms with E-state index in [0.717, 1.165) is 42.9 Å². The number of piperidine rings is 1. The topological polar surface area (TPSA) is 76.3 Å². The Morgan fingerprint density at radius 2 is 2.00 bits per heavy atom. The van der Waals surface area contributed by atoms with Crippen LogP contribution in [-0.4, -0.2) is 46.4 Å². The Labute approximate surface area is 165 Å². The van der Waals surface area contributed by atoms with Crippen LogP contribution in [0.15, 0.2) is 23.0 Å². The van der Waals surface area contributed by atoms with Crippen molar-refractivity contribution < 1.29 is 9.59 Å². The highest BCUT2D eigenvalue weighted by Crippen LogP contribution is 2.23. The van der Waals surface area contributed by atoms with Crippen molar-refractivity contribution in [2.45, 2.75) is 45.2 Å². The van der Waals surface area contributed by atoms with E-state index < -0.39 is 6.04 Å². The van der Waals surface area contributed by atoms with Gasteiger partial charge in [-0.2, -0.15) is 0 Å². The molecule has 1 aromatic carbocycles. The molecule has 1 aromatic heterocycles. The fourth-order valence-electron chi connectivity index (χ4n) is 4.06. The molecule has 1 aliphatic rings. The van der Waals surface area contributed by atoms with E-state index in [0.29, 0.717) is 6.42 Å². The molecule has 2 heterocycles. The molecule has 0 radical (unpaired) electrons. The zero-order valence-corrected chi connectivity index (χ0v) is 17.0. The molecule has 7 heteroatoms. The van der Waals surface area contributed by atoms with Crippen molar-refractivity contribution in [3.8, 4) is 0 Å². The van der Waals surface area contributed by atoms with Gasteiger partial charge in [-0.05, 0) is 56.0 Å². The lowest BCUT2D eigenvalue weighted by Crippen LogP contribution is -2.36. The van der Waals surface area contributed by atoms with Gasteiger partial charge < -0.3 is 10.1 Å². The third-order valence-electron chi connectivity index (χ3n) is 5.85. The highest BCUT2D eigenvalue weighted by molar-refractivity contribution is 5.84. The van der Waals surface area contributed by atoms with Gasteiger partial charge in [0.1, 0.15) is 12.3 Å². The predicted molar refractivity (Wildman–Crippen MR) is 109 cm³/mol. The number of imidazole rings is 1. The lowest BCUT2D eigenvalue weighted by atomic mass is 9.99. The summed E-state index contributed by atoms with van der Waals surface area (Å²) < 4.78 is 3.11. The Bertz CT molecular complexity index is 906. The minimum atomic E-state index is -0.694. The molecule has 152 valence electrons. The second-order valence-corrected chi connectivity index (χ2v) is 7.87. The second-order valence-electron chi connectivity index (χ2n) is 7.87. The summed E-state index contributed by atoms with van der Waals surface area (Å²) in [5.74, 6) is 0.532. The van der Waals surface area contributed by atoms with Gasteiger partial charge in [0, 0.05) is 27.1 Å². The quantitative estimate of drug-likeness (QED) is 0.737. The number of aldehydes is 1. The number of likely N-dealkylation sites (N-methyl/N-ethyl adjacent to an activating group) is 1. The first-order chi connectivity index (χ1) is 13.5. The van der Waals surface area contributed by atoms with Gasteiger partial charge in [-0.25, -0.2) is 4.79 Å². The zero-order chi connectivity index (χ0) is 20.3. The molecule has 1 unspecified atom stereocenters. The van der Waals surface area contributed by atoms with Crippen LogP contribution in [0.2, 0.25) is 0 Å². The summed E-state index contributed by atoms with van der Waals surface area (Å²) in [6.07, 6.45) is 3.76. The molecule has 28 heavy (non-hydrogen) atoms. The van der Waals surface area contributed by atoms with Gasteiger partial charge in [-0.15, -0.1) is 0 Å². The number of nitrogens with zero attached hydrogens (tertiary/aromatic N) is 3. The van der Waals surface area contributed by atoms with Crippen molar-refractivity contribution in [3.63, 3.8) is 0 Å². The number of carbonyl (C=O) groups is 2. The Kier molecular flexibility index (Phi) is 6.34. The van der Waals surface area contributed by atoms with E-state index in [-0.39, 0.29) is 18.0 Å². The number of amides is 1. The van der Waals surface area contributed by atoms with Crippen molar-refractivity contribution in [1.82, 2.24) is 19.4 Å². The Balaban J connectivity index is 1.94. The van der Waals surface area contributed by atoms with Crippen LogP contribution in [-0.2, 0) is 23.2 Å². The molecule has 1 amide bonds. The van der Waals surface area contributed by atoms with Crippen LogP contribution >= 0.6 is 0 Å². The molecule has 1 saturated heterocycles. The highest BCUT2D eigenvalue weighted by atomic mass is 16.2. The average Bonchev–Trinajstić information content (AvgIpc) is 2.94. The number of carbonyl (C=O) groups excluding carboxylic acids is 2. The molecule has 1 atom stereocenters. The minimum Gasteiger partial charge on any atom is -0.357 e. The van der Waals surface area contributed by atoms with Crippen molar-refractivity contribution in [1.29, 1.82) is 0 Å². The normalized spacial score (nSPS) is 17.0. The molecule has 0 aliphatic carbocycles. The molecule has 0 saturated carbocycles. The number of hydrogen-bond acceptors (Lipinski definition) is 4. The van der Waals surface area contributed by atoms with E-state index in [1.54, 1.807) is 18.7 Å². The summed E-state index contributed by atoms with van der Waals surface area (Å²) in [6, 6.07) is 5.32. The first kappa shape index (κ1) is 20.3. The van der Waals surface area contributed by atoms with Crippen molar-refractivity contribution in [2.75, 3.05) is 20.1 Å². The molecule has 1 aliphatic heterocycles. The van der Waals surface area contributed by atoms with Crippen LogP contribution in [0, 0.1) is 5.92 Å². The largest absolute Gasteiger partial charge is 0.357 e. The first-order valence-electron chi connectivity index (χ1n) is 10.0. The third-order valence-corrected chi connectivity index (χ3v) is 5.85. The van der Waals surface area contributed by atoms with Crippen LogP contribution < -0.4 is 11.0 Å². The molecule has 1 fully saturated rings. The van der Waals surface area contributed by atoms with E-state index in [4.69, 9.17) is 0 Å². The van der Waals surface area contributed by atoms with Crippen LogP contribution in [0.1, 0.15) is 44.2 Å². The first-order valence-corrected chi connectivity index (χ1v) is 10.0. The summed E-state index contributed by atoms with van der Waals surface area (Å²) in [5, 5.41) is 2.61. The molecular weight excluding hydrogens is 356 g/mol. The van der Waals surface area contributed by atoms with E-state index in [9.17, 15) is 14.4 Å².